The molecular formula is C9H9ClN2O2S. The van der Waals surface area contributed by atoms with Crippen molar-refractivity contribution in [3.8, 4) is 0 Å². The van der Waals surface area contributed by atoms with Crippen molar-refractivity contribution in [2.24, 2.45) is 0 Å². The lowest BCUT2D eigenvalue weighted by Gasteiger charge is -2.04. The van der Waals surface area contributed by atoms with Gasteiger partial charge in [-0.2, -0.15) is 0 Å². The molecule has 0 radical (unpaired) electrons. The van der Waals surface area contributed by atoms with Crippen LogP contribution >= 0.6 is 11.6 Å². The second-order valence-corrected chi connectivity index (χ2v) is 5.39. The third-order valence-corrected chi connectivity index (χ3v) is 2.86. The van der Waals surface area contributed by atoms with E-state index < -0.39 is 10.0 Å². The average molecular weight is 245 g/mol. The van der Waals surface area contributed by atoms with Crippen molar-refractivity contribution in [1.29, 1.82) is 0 Å². The van der Waals surface area contributed by atoms with E-state index in [1.165, 1.54) is 0 Å². The second kappa shape index (κ2) is 3.43. The SMILES string of the molecule is CS(=O)(=O)Nc1cccc2c(Cl)c[nH]c12. The van der Waals surface area contributed by atoms with Gasteiger partial charge >= 0.3 is 0 Å². The van der Waals surface area contributed by atoms with Gasteiger partial charge in [-0.25, -0.2) is 8.42 Å². The zero-order chi connectivity index (χ0) is 11.1. The monoisotopic (exact) mass is 244 g/mol. The van der Waals surface area contributed by atoms with Crippen LogP contribution in [0.4, 0.5) is 5.69 Å². The normalized spacial score (nSPS) is 11.9. The van der Waals surface area contributed by atoms with Crippen molar-refractivity contribution in [1.82, 2.24) is 4.98 Å². The topological polar surface area (TPSA) is 62.0 Å². The number of nitrogens with one attached hydrogen (secondary N) is 2. The predicted molar refractivity (Wildman–Crippen MR) is 61.8 cm³/mol. The van der Waals surface area contributed by atoms with Crippen LogP contribution in [0.2, 0.25) is 5.02 Å². The maximum Gasteiger partial charge on any atom is 0.229 e. The molecule has 1 aromatic carbocycles. The number of benzene rings is 1. The number of aromatic amines is 1. The van der Waals surface area contributed by atoms with E-state index in [2.05, 4.69) is 9.71 Å². The molecule has 2 aromatic rings. The minimum atomic E-state index is -3.27. The van der Waals surface area contributed by atoms with Crippen molar-refractivity contribution in [2.45, 2.75) is 0 Å². The lowest BCUT2D eigenvalue weighted by atomic mass is 10.2. The molecule has 0 saturated carbocycles. The number of para-hydroxylation sites is 1. The van der Waals surface area contributed by atoms with Crippen LogP contribution in [-0.4, -0.2) is 19.7 Å². The molecule has 0 fully saturated rings. The van der Waals surface area contributed by atoms with Gasteiger partial charge in [0.15, 0.2) is 0 Å². The summed E-state index contributed by atoms with van der Waals surface area (Å²) in [6, 6.07) is 5.24. The first-order chi connectivity index (χ1) is 6.97. The first-order valence-corrected chi connectivity index (χ1v) is 6.48. The fourth-order valence-corrected chi connectivity index (χ4v) is 2.19. The Labute approximate surface area is 92.3 Å². The number of sulfonamides is 1. The third-order valence-electron chi connectivity index (χ3n) is 1.96. The molecule has 0 spiro atoms. The Kier molecular flexibility index (Phi) is 2.36. The molecule has 0 unspecified atom stereocenters. The Morgan fingerprint density at radius 1 is 1.40 bits per heavy atom. The maximum absolute atomic E-state index is 11.1. The summed E-state index contributed by atoms with van der Waals surface area (Å²) >= 11 is 5.91. The highest BCUT2D eigenvalue weighted by molar-refractivity contribution is 7.92. The highest BCUT2D eigenvalue weighted by atomic mass is 35.5. The summed E-state index contributed by atoms with van der Waals surface area (Å²) < 4.78 is 24.6. The molecule has 4 nitrogen and oxygen atoms in total. The number of fused-ring (bicyclic) bond motifs is 1. The Hall–Kier alpha value is -1.20. The molecule has 0 aliphatic rings. The first-order valence-electron chi connectivity index (χ1n) is 4.21. The molecule has 15 heavy (non-hydrogen) atoms. The Bertz CT molecular complexity index is 604. The molecule has 0 aliphatic heterocycles. The van der Waals surface area contributed by atoms with Gasteiger partial charge in [-0.05, 0) is 6.07 Å². The lowest BCUT2D eigenvalue weighted by molar-refractivity contribution is 0.607. The number of halogens is 1. The summed E-state index contributed by atoms with van der Waals surface area (Å²) in [4.78, 5) is 2.92. The minimum Gasteiger partial charge on any atom is -0.358 e. The van der Waals surface area contributed by atoms with Gasteiger partial charge < -0.3 is 4.98 Å². The molecule has 2 N–H and O–H groups in total. The molecule has 2 rings (SSSR count). The molecular weight excluding hydrogens is 236 g/mol. The van der Waals surface area contributed by atoms with Crippen LogP contribution in [0.15, 0.2) is 24.4 Å². The molecule has 0 bridgehead atoms. The number of anilines is 1. The number of hydrogen-bond donors (Lipinski definition) is 2. The van der Waals surface area contributed by atoms with Gasteiger partial charge in [0.1, 0.15) is 0 Å². The van der Waals surface area contributed by atoms with Crippen LogP contribution in [0.3, 0.4) is 0 Å². The van der Waals surface area contributed by atoms with Crippen LogP contribution in [-0.2, 0) is 10.0 Å². The maximum atomic E-state index is 11.1. The molecule has 6 heteroatoms. The molecule has 1 aromatic heterocycles. The fourth-order valence-electron chi connectivity index (χ4n) is 1.40. The predicted octanol–water partition coefficient (Wildman–Crippen LogP) is 2.19. The van der Waals surface area contributed by atoms with Gasteiger partial charge in [-0.15, -0.1) is 0 Å². The highest BCUT2D eigenvalue weighted by Gasteiger charge is 2.08. The summed E-state index contributed by atoms with van der Waals surface area (Å²) in [5.41, 5.74) is 1.19. The van der Waals surface area contributed by atoms with Gasteiger partial charge in [0.2, 0.25) is 10.0 Å². The van der Waals surface area contributed by atoms with E-state index in [0.717, 1.165) is 11.6 Å². The van der Waals surface area contributed by atoms with E-state index in [-0.39, 0.29) is 0 Å². The highest BCUT2D eigenvalue weighted by Crippen LogP contribution is 2.28. The van der Waals surface area contributed by atoms with Crippen molar-refractivity contribution in [3.63, 3.8) is 0 Å². The Morgan fingerprint density at radius 3 is 2.80 bits per heavy atom. The van der Waals surface area contributed by atoms with Crippen LogP contribution in [0, 0.1) is 0 Å². The lowest BCUT2D eigenvalue weighted by Crippen LogP contribution is -2.09. The summed E-state index contributed by atoms with van der Waals surface area (Å²) in [7, 11) is -3.27. The van der Waals surface area contributed by atoms with Crippen LogP contribution in [0.1, 0.15) is 0 Å². The van der Waals surface area contributed by atoms with E-state index in [0.29, 0.717) is 16.2 Å². The number of hydrogen-bond acceptors (Lipinski definition) is 2. The standard InChI is InChI=1S/C9H9ClN2O2S/c1-15(13,14)12-8-4-2-3-6-7(10)5-11-9(6)8/h2-5,11-12H,1H3. The summed E-state index contributed by atoms with van der Waals surface area (Å²) in [5.74, 6) is 0. The number of H-pyrrole nitrogens is 1. The van der Waals surface area contributed by atoms with Crippen LogP contribution in [0.5, 0.6) is 0 Å². The van der Waals surface area contributed by atoms with E-state index in [1.54, 1.807) is 18.3 Å². The number of aromatic nitrogens is 1. The zero-order valence-electron chi connectivity index (χ0n) is 7.91. The third kappa shape index (κ3) is 2.08. The number of rotatable bonds is 2. The van der Waals surface area contributed by atoms with Crippen molar-refractivity contribution in [2.75, 3.05) is 11.0 Å². The van der Waals surface area contributed by atoms with Gasteiger partial charge in [0, 0.05) is 11.6 Å². The van der Waals surface area contributed by atoms with Crippen molar-refractivity contribution < 1.29 is 8.42 Å². The first kappa shape index (κ1) is 10.3. The molecule has 1 heterocycles. The van der Waals surface area contributed by atoms with E-state index >= 15 is 0 Å². The largest absolute Gasteiger partial charge is 0.358 e. The summed E-state index contributed by atoms with van der Waals surface area (Å²) in [5, 5.41) is 1.37. The van der Waals surface area contributed by atoms with Gasteiger partial charge in [-0.3, -0.25) is 4.72 Å². The van der Waals surface area contributed by atoms with Crippen LogP contribution in [0.25, 0.3) is 10.9 Å². The van der Waals surface area contributed by atoms with Crippen molar-refractivity contribution >= 4 is 38.2 Å². The van der Waals surface area contributed by atoms with E-state index in [4.69, 9.17) is 11.6 Å². The van der Waals surface area contributed by atoms with E-state index in [1.807, 2.05) is 6.07 Å². The van der Waals surface area contributed by atoms with Crippen molar-refractivity contribution in [3.05, 3.63) is 29.4 Å². The van der Waals surface area contributed by atoms with Gasteiger partial charge in [0.25, 0.3) is 0 Å². The molecule has 0 atom stereocenters. The molecule has 0 saturated heterocycles. The van der Waals surface area contributed by atoms with Crippen LogP contribution < -0.4 is 4.72 Å². The summed E-state index contributed by atoms with van der Waals surface area (Å²) in [6.45, 7) is 0. The molecule has 0 aliphatic carbocycles. The fraction of sp³-hybridized carbons (Fsp3) is 0.111. The smallest absolute Gasteiger partial charge is 0.229 e. The minimum absolute atomic E-state index is 0.502. The Morgan fingerprint density at radius 2 is 2.13 bits per heavy atom. The average Bonchev–Trinajstić information content (AvgIpc) is 2.47. The van der Waals surface area contributed by atoms with Gasteiger partial charge in [0.05, 0.1) is 22.5 Å². The van der Waals surface area contributed by atoms with E-state index in [9.17, 15) is 8.42 Å². The second-order valence-electron chi connectivity index (χ2n) is 3.24. The zero-order valence-corrected chi connectivity index (χ0v) is 9.48. The summed E-state index contributed by atoms with van der Waals surface area (Å²) in [6.07, 6.45) is 2.73. The Balaban J connectivity index is 2.62. The quantitative estimate of drug-likeness (QED) is 0.851. The molecule has 80 valence electrons. The molecule has 0 amide bonds. The van der Waals surface area contributed by atoms with Gasteiger partial charge in [-0.1, -0.05) is 23.7 Å².